The third-order valence-corrected chi connectivity index (χ3v) is 2.80. The summed E-state index contributed by atoms with van der Waals surface area (Å²) in [6, 6.07) is 6.06. The van der Waals surface area contributed by atoms with Crippen LogP contribution in [-0.4, -0.2) is 19.1 Å². The predicted molar refractivity (Wildman–Crippen MR) is 66.2 cm³/mol. The monoisotopic (exact) mass is 321 g/mol. The van der Waals surface area contributed by atoms with Crippen LogP contribution in [0.3, 0.4) is 0 Å². The number of nitrogens with one attached hydrogen (secondary N) is 1. The summed E-state index contributed by atoms with van der Waals surface area (Å²) < 4.78 is 6.36. The molecule has 0 aromatic heterocycles. The molecule has 0 radical (unpaired) electrons. The van der Waals surface area contributed by atoms with Crippen molar-refractivity contribution in [2.75, 3.05) is 19.1 Å². The standard InChI is InChI=1S/C10H13Br2NO/c1-14-10-3-2-9(12)6-8(10)4-5-13-7-11/h2-3,6,13H,4-5,7H2,1H3. The minimum absolute atomic E-state index is 0.823. The molecule has 0 saturated heterocycles. The van der Waals surface area contributed by atoms with E-state index in [1.807, 2.05) is 12.1 Å². The molecule has 1 aromatic carbocycles. The van der Waals surface area contributed by atoms with Gasteiger partial charge in [0.1, 0.15) is 5.75 Å². The van der Waals surface area contributed by atoms with Crippen LogP contribution in [0.15, 0.2) is 22.7 Å². The van der Waals surface area contributed by atoms with Crippen molar-refractivity contribution in [3.05, 3.63) is 28.2 Å². The second kappa shape index (κ2) is 6.43. The summed E-state index contributed by atoms with van der Waals surface area (Å²) in [5.74, 6) is 0.949. The van der Waals surface area contributed by atoms with Gasteiger partial charge in [-0.2, -0.15) is 0 Å². The van der Waals surface area contributed by atoms with Crippen LogP contribution >= 0.6 is 31.9 Å². The molecule has 0 saturated carbocycles. The highest BCUT2D eigenvalue weighted by atomic mass is 79.9. The van der Waals surface area contributed by atoms with Gasteiger partial charge in [-0.05, 0) is 30.2 Å². The maximum atomic E-state index is 5.27. The van der Waals surface area contributed by atoms with Gasteiger partial charge in [0, 0.05) is 11.0 Å². The number of benzene rings is 1. The molecule has 2 nitrogen and oxygen atoms in total. The lowest BCUT2D eigenvalue weighted by molar-refractivity contribution is 0.409. The molecule has 0 unspecified atom stereocenters. The number of methoxy groups -OCH3 is 1. The summed E-state index contributed by atoms with van der Waals surface area (Å²) in [7, 11) is 1.70. The van der Waals surface area contributed by atoms with E-state index in [4.69, 9.17) is 4.74 Å². The van der Waals surface area contributed by atoms with E-state index in [0.29, 0.717) is 0 Å². The minimum Gasteiger partial charge on any atom is -0.496 e. The Balaban J connectivity index is 2.67. The Labute approximate surface area is 101 Å². The van der Waals surface area contributed by atoms with Crippen molar-refractivity contribution in [1.82, 2.24) is 5.32 Å². The second-order valence-electron chi connectivity index (χ2n) is 2.84. The second-order valence-corrected chi connectivity index (χ2v) is 4.32. The van der Waals surface area contributed by atoms with E-state index in [-0.39, 0.29) is 0 Å². The maximum absolute atomic E-state index is 5.27. The third-order valence-electron chi connectivity index (χ3n) is 1.91. The van der Waals surface area contributed by atoms with Crippen LogP contribution < -0.4 is 10.1 Å². The van der Waals surface area contributed by atoms with Crippen molar-refractivity contribution < 1.29 is 4.74 Å². The normalized spacial score (nSPS) is 10.2. The lowest BCUT2D eigenvalue weighted by Crippen LogP contribution is -2.14. The van der Waals surface area contributed by atoms with Crippen LogP contribution in [0, 0.1) is 0 Å². The van der Waals surface area contributed by atoms with Crippen LogP contribution in [0.2, 0.25) is 0 Å². The molecule has 0 amide bonds. The Kier molecular flexibility index (Phi) is 5.52. The first kappa shape index (κ1) is 12.0. The molecule has 1 N–H and O–H groups in total. The van der Waals surface area contributed by atoms with Crippen molar-refractivity contribution in [2.24, 2.45) is 0 Å². The molecule has 0 fully saturated rings. The first-order valence-electron chi connectivity index (χ1n) is 4.37. The van der Waals surface area contributed by atoms with Crippen molar-refractivity contribution in [3.8, 4) is 5.75 Å². The zero-order valence-corrected chi connectivity index (χ0v) is 11.2. The third kappa shape index (κ3) is 3.59. The molecular weight excluding hydrogens is 310 g/mol. The molecule has 0 aliphatic heterocycles. The highest BCUT2D eigenvalue weighted by molar-refractivity contribution is 9.10. The molecule has 0 aliphatic rings. The fourth-order valence-corrected chi connectivity index (χ4v) is 1.92. The van der Waals surface area contributed by atoms with Crippen molar-refractivity contribution in [2.45, 2.75) is 6.42 Å². The van der Waals surface area contributed by atoms with Crippen molar-refractivity contribution >= 4 is 31.9 Å². The van der Waals surface area contributed by atoms with Crippen LogP contribution in [-0.2, 0) is 6.42 Å². The molecule has 0 atom stereocenters. The first-order valence-corrected chi connectivity index (χ1v) is 6.28. The van der Waals surface area contributed by atoms with Crippen LogP contribution in [0.5, 0.6) is 5.75 Å². The summed E-state index contributed by atoms with van der Waals surface area (Å²) >= 11 is 6.77. The van der Waals surface area contributed by atoms with E-state index < -0.39 is 0 Å². The molecule has 0 bridgehead atoms. The van der Waals surface area contributed by atoms with Gasteiger partial charge in [-0.25, -0.2) is 0 Å². The average molecular weight is 323 g/mol. The number of hydrogen-bond donors (Lipinski definition) is 1. The summed E-state index contributed by atoms with van der Waals surface area (Å²) in [5, 5.41) is 3.21. The van der Waals surface area contributed by atoms with Gasteiger partial charge in [0.25, 0.3) is 0 Å². The topological polar surface area (TPSA) is 21.3 Å². The summed E-state index contributed by atoms with van der Waals surface area (Å²) in [4.78, 5) is 0. The smallest absolute Gasteiger partial charge is 0.122 e. The number of alkyl halides is 1. The molecule has 1 aromatic rings. The highest BCUT2D eigenvalue weighted by Crippen LogP contribution is 2.22. The number of halogens is 2. The van der Waals surface area contributed by atoms with E-state index in [0.717, 1.165) is 28.6 Å². The molecule has 14 heavy (non-hydrogen) atoms. The largest absolute Gasteiger partial charge is 0.496 e. The van der Waals surface area contributed by atoms with E-state index in [2.05, 4.69) is 43.2 Å². The van der Waals surface area contributed by atoms with Crippen LogP contribution in [0.1, 0.15) is 5.56 Å². The van der Waals surface area contributed by atoms with E-state index in [1.54, 1.807) is 7.11 Å². The Morgan fingerprint density at radius 2 is 2.21 bits per heavy atom. The number of ether oxygens (including phenoxy) is 1. The summed E-state index contributed by atoms with van der Waals surface area (Å²) in [6.07, 6.45) is 0.966. The zero-order chi connectivity index (χ0) is 10.4. The van der Waals surface area contributed by atoms with Gasteiger partial charge in [0.05, 0.1) is 12.6 Å². The Morgan fingerprint density at radius 3 is 2.86 bits per heavy atom. The van der Waals surface area contributed by atoms with Gasteiger partial charge < -0.3 is 10.1 Å². The highest BCUT2D eigenvalue weighted by Gasteiger charge is 2.02. The number of rotatable bonds is 5. The molecule has 1 rings (SSSR count). The van der Waals surface area contributed by atoms with E-state index in [9.17, 15) is 0 Å². The van der Waals surface area contributed by atoms with Gasteiger partial charge in [-0.3, -0.25) is 0 Å². The lowest BCUT2D eigenvalue weighted by atomic mass is 10.1. The van der Waals surface area contributed by atoms with Crippen molar-refractivity contribution in [1.29, 1.82) is 0 Å². The first-order chi connectivity index (χ1) is 6.77. The molecule has 0 heterocycles. The Hall–Kier alpha value is -0.0600. The quantitative estimate of drug-likeness (QED) is 0.511. The molecule has 0 aliphatic carbocycles. The van der Waals surface area contributed by atoms with Gasteiger partial charge in [0.15, 0.2) is 0 Å². The Morgan fingerprint density at radius 1 is 1.43 bits per heavy atom. The van der Waals surface area contributed by atoms with Gasteiger partial charge in [0.2, 0.25) is 0 Å². The van der Waals surface area contributed by atoms with E-state index in [1.165, 1.54) is 5.56 Å². The molecular formula is C10H13Br2NO. The Bertz CT molecular complexity index is 291. The minimum atomic E-state index is 0.823. The maximum Gasteiger partial charge on any atom is 0.122 e. The molecule has 78 valence electrons. The lowest BCUT2D eigenvalue weighted by Gasteiger charge is -2.08. The van der Waals surface area contributed by atoms with Gasteiger partial charge in [-0.1, -0.05) is 31.9 Å². The summed E-state index contributed by atoms with van der Waals surface area (Å²) in [6.45, 7) is 0.943. The summed E-state index contributed by atoms with van der Waals surface area (Å²) in [5.41, 5.74) is 2.04. The van der Waals surface area contributed by atoms with Gasteiger partial charge >= 0.3 is 0 Å². The van der Waals surface area contributed by atoms with E-state index >= 15 is 0 Å². The fourth-order valence-electron chi connectivity index (χ4n) is 1.23. The fraction of sp³-hybridized carbons (Fsp3) is 0.400. The molecule has 0 spiro atoms. The van der Waals surface area contributed by atoms with Crippen molar-refractivity contribution in [3.63, 3.8) is 0 Å². The predicted octanol–water partition coefficient (Wildman–Crippen LogP) is 2.94. The SMILES string of the molecule is COc1ccc(Br)cc1CCNCBr. The van der Waals surface area contributed by atoms with Crippen LogP contribution in [0.25, 0.3) is 0 Å². The average Bonchev–Trinajstić information content (AvgIpc) is 2.19. The van der Waals surface area contributed by atoms with Gasteiger partial charge in [-0.15, -0.1) is 0 Å². The number of hydrogen-bond acceptors (Lipinski definition) is 2. The van der Waals surface area contributed by atoms with Crippen LogP contribution in [0.4, 0.5) is 0 Å². The zero-order valence-electron chi connectivity index (χ0n) is 8.02. The molecule has 4 heteroatoms.